The minimum Gasteiger partial charge on any atom is -0.369 e. The Balaban J connectivity index is 1.88. The van der Waals surface area contributed by atoms with Gasteiger partial charge in [0, 0.05) is 14.5 Å². The first-order chi connectivity index (χ1) is 9.16. The maximum Gasteiger partial charge on any atom is 0.189 e. The number of ketones is 1. The number of hydrogen-bond donors (Lipinski definition) is 0. The Morgan fingerprint density at radius 2 is 1.68 bits per heavy atom. The molecule has 0 bridgehead atoms. The van der Waals surface area contributed by atoms with Crippen LogP contribution in [-0.4, -0.2) is 12.4 Å². The molecule has 19 heavy (non-hydrogen) atoms. The van der Waals surface area contributed by atoms with Gasteiger partial charge in [-0.3, -0.25) is 4.79 Å². The van der Waals surface area contributed by atoms with Crippen LogP contribution in [0.25, 0.3) is 0 Å². The minimum absolute atomic E-state index is 0.0235. The van der Waals surface area contributed by atoms with Crippen molar-refractivity contribution in [1.82, 2.24) is 0 Å². The topological polar surface area (TPSA) is 26.3 Å². The van der Waals surface area contributed by atoms with Crippen molar-refractivity contribution < 1.29 is 9.53 Å². The fourth-order valence-electron chi connectivity index (χ4n) is 1.61. The Morgan fingerprint density at radius 3 is 2.37 bits per heavy atom. The normalized spacial score (nSPS) is 10.4. The summed E-state index contributed by atoms with van der Waals surface area (Å²) in [6.45, 7) is 0.516. The predicted molar refractivity (Wildman–Crippen MR) is 82.3 cm³/mol. The Labute approximate surface area is 129 Å². The lowest BCUT2D eigenvalue weighted by atomic mass is 10.1. The van der Waals surface area contributed by atoms with Crippen LogP contribution in [0.1, 0.15) is 15.9 Å². The molecule has 0 aromatic heterocycles. The number of carbonyl (C=O) groups excluding carboxylic acids is 1. The van der Waals surface area contributed by atoms with Crippen molar-refractivity contribution in [2.45, 2.75) is 6.61 Å². The number of Topliss-reactive ketones (excluding diaryl/α,β-unsaturated/α-hetero) is 1. The molecule has 2 nitrogen and oxygen atoms in total. The summed E-state index contributed by atoms with van der Waals surface area (Å²) in [6, 6.07) is 15.2. The van der Waals surface area contributed by atoms with Crippen molar-refractivity contribution in [3.05, 3.63) is 68.6 Å². The summed E-state index contributed by atoms with van der Waals surface area (Å²) in [7, 11) is 0. The quantitative estimate of drug-likeness (QED) is 0.704. The van der Waals surface area contributed by atoms with E-state index in [9.17, 15) is 4.79 Å². The third kappa shape index (κ3) is 4.27. The molecule has 0 aliphatic rings. The smallest absolute Gasteiger partial charge is 0.189 e. The van der Waals surface area contributed by atoms with Gasteiger partial charge in [0.25, 0.3) is 0 Å². The van der Waals surface area contributed by atoms with Gasteiger partial charge in [0.2, 0.25) is 0 Å². The minimum atomic E-state index is -0.0235. The van der Waals surface area contributed by atoms with Crippen LogP contribution in [0.3, 0.4) is 0 Å². The number of ether oxygens (including phenoxy) is 1. The van der Waals surface area contributed by atoms with Crippen LogP contribution in [0.4, 0.5) is 0 Å². The number of carbonyl (C=O) groups is 1. The molecular weight excluding hydrogens is 372 g/mol. The van der Waals surface area contributed by atoms with Crippen LogP contribution >= 0.6 is 31.9 Å². The maximum absolute atomic E-state index is 11.9. The molecule has 98 valence electrons. The van der Waals surface area contributed by atoms with Gasteiger partial charge in [0.05, 0.1) is 6.61 Å². The largest absolute Gasteiger partial charge is 0.369 e. The molecule has 0 saturated heterocycles. The Kier molecular flexibility index (Phi) is 5.31. The van der Waals surface area contributed by atoms with Gasteiger partial charge >= 0.3 is 0 Å². The molecule has 0 unspecified atom stereocenters. The summed E-state index contributed by atoms with van der Waals surface area (Å²) in [5.74, 6) is -0.0235. The summed E-state index contributed by atoms with van der Waals surface area (Å²) in [5, 5.41) is 0. The highest BCUT2D eigenvalue weighted by molar-refractivity contribution is 9.10. The number of rotatable bonds is 5. The lowest BCUT2D eigenvalue weighted by Crippen LogP contribution is -2.09. The monoisotopic (exact) mass is 382 g/mol. The molecular formula is C15H12Br2O2. The molecule has 2 aromatic carbocycles. The molecule has 0 heterocycles. The van der Waals surface area contributed by atoms with E-state index >= 15 is 0 Å². The van der Waals surface area contributed by atoms with E-state index in [-0.39, 0.29) is 12.4 Å². The number of benzene rings is 2. The van der Waals surface area contributed by atoms with E-state index < -0.39 is 0 Å². The zero-order valence-electron chi connectivity index (χ0n) is 10.1. The summed E-state index contributed by atoms with van der Waals surface area (Å²) >= 11 is 6.74. The second-order valence-electron chi connectivity index (χ2n) is 4.02. The van der Waals surface area contributed by atoms with E-state index in [2.05, 4.69) is 31.9 Å². The third-order valence-electron chi connectivity index (χ3n) is 2.59. The van der Waals surface area contributed by atoms with Crippen LogP contribution < -0.4 is 0 Å². The Bertz CT molecular complexity index is 565. The van der Waals surface area contributed by atoms with E-state index in [1.54, 1.807) is 6.07 Å². The molecule has 2 aromatic rings. The molecule has 0 N–H and O–H groups in total. The lowest BCUT2D eigenvalue weighted by Gasteiger charge is -2.05. The van der Waals surface area contributed by atoms with Crippen LogP contribution in [0.5, 0.6) is 0 Å². The van der Waals surface area contributed by atoms with Crippen molar-refractivity contribution in [1.29, 1.82) is 0 Å². The molecule has 0 atom stereocenters. The molecule has 0 saturated carbocycles. The van der Waals surface area contributed by atoms with Gasteiger partial charge in [-0.2, -0.15) is 0 Å². The molecule has 2 rings (SSSR count). The second-order valence-corrected chi connectivity index (χ2v) is 5.79. The summed E-state index contributed by atoms with van der Waals surface area (Å²) < 4.78 is 7.27. The van der Waals surface area contributed by atoms with Crippen LogP contribution in [0, 0.1) is 0 Å². The fraction of sp³-hybridized carbons (Fsp3) is 0.133. The first-order valence-corrected chi connectivity index (χ1v) is 7.35. The Hall–Kier alpha value is -0.970. The first kappa shape index (κ1) is 14.4. The van der Waals surface area contributed by atoms with E-state index in [1.807, 2.05) is 42.5 Å². The third-order valence-corrected chi connectivity index (χ3v) is 3.81. The Morgan fingerprint density at radius 1 is 1.00 bits per heavy atom. The van der Waals surface area contributed by atoms with E-state index in [0.717, 1.165) is 14.5 Å². The van der Waals surface area contributed by atoms with Gasteiger partial charge in [-0.15, -0.1) is 0 Å². The number of halogens is 2. The molecule has 0 aliphatic carbocycles. The van der Waals surface area contributed by atoms with E-state index in [4.69, 9.17) is 4.74 Å². The van der Waals surface area contributed by atoms with Gasteiger partial charge in [-0.05, 0) is 23.8 Å². The highest BCUT2D eigenvalue weighted by Crippen LogP contribution is 2.17. The SMILES string of the molecule is O=C(COCc1ccc(Br)cc1)c1ccccc1Br. The summed E-state index contributed by atoms with van der Waals surface area (Å²) in [6.07, 6.45) is 0. The highest BCUT2D eigenvalue weighted by atomic mass is 79.9. The molecule has 0 amide bonds. The zero-order chi connectivity index (χ0) is 13.7. The van der Waals surface area contributed by atoms with Gasteiger partial charge in [0.1, 0.15) is 6.61 Å². The second kappa shape index (κ2) is 6.98. The summed E-state index contributed by atoms with van der Waals surface area (Å²) in [4.78, 5) is 11.9. The van der Waals surface area contributed by atoms with Crippen molar-refractivity contribution in [3.63, 3.8) is 0 Å². The predicted octanol–water partition coefficient (Wildman–Crippen LogP) is 4.61. The van der Waals surface area contributed by atoms with Gasteiger partial charge in [-0.1, -0.05) is 62.2 Å². The average molecular weight is 384 g/mol. The average Bonchev–Trinajstić information content (AvgIpc) is 2.41. The van der Waals surface area contributed by atoms with E-state index in [1.165, 1.54) is 0 Å². The van der Waals surface area contributed by atoms with Crippen molar-refractivity contribution >= 4 is 37.6 Å². The van der Waals surface area contributed by atoms with Crippen molar-refractivity contribution in [3.8, 4) is 0 Å². The molecule has 0 spiro atoms. The first-order valence-electron chi connectivity index (χ1n) is 5.77. The maximum atomic E-state index is 11.9. The van der Waals surface area contributed by atoms with Gasteiger partial charge in [-0.25, -0.2) is 0 Å². The summed E-state index contributed by atoms with van der Waals surface area (Å²) in [5.41, 5.74) is 1.70. The zero-order valence-corrected chi connectivity index (χ0v) is 13.3. The van der Waals surface area contributed by atoms with Crippen LogP contribution in [-0.2, 0) is 11.3 Å². The van der Waals surface area contributed by atoms with Crippen LogP contribution in [0.2, 0.25) is 0 Å². The van der Waals surface area contributed by atoms with Gasteiger partial charge < -0.3 is 4.74 Å². The lowest BCUT2D eigenvalue weighted by molar-refractivity contribution is 0.0726. The molecule has 0 aliphatic heterocycles. The van der Waals surface area contributed by atoms with Crippen molar-refractivity contribution in [2.75, 3.05) is 6.61 Å². The molecule has 0 fully saturated rings. The fourth-order valence-corrected chi connectivity index (χ4v) is 2.38. The standard InChI is InChI=1S/C15H12Br2O2/c16-12-7-5-11(6-8-12)9-19-10-15(18)13-3-1-2-4-14(13)17/h1-8H,9-10H2. The molecule has 4 heteroatoms. The van der Waals surface area contributed by atoms with Crippen molar-refractivity contribution in [2.24, 2.45) is 0 Å². The van der Waals surface area contributed by atoms with E-state index in [0.29, 0.717) is 12.2 Å². The molecule has 0 radical (unpaired) electrons. The van der Waals surface area contributed by atoms with Crippen LogP contribution in [0.15, 0.2) is 57.5 Å². The number of hydrogen-bond acceptors (Lipinski definition) is 2. The van der Waals surface area contributed by atoms with Gasteiger partial charge in [0.15, 0.2) is 5.78 Å². The highest BCUT2D eigenvalue weighted by Gasteiger charge is 2.09.